The van der Waals surface area contributed by atoms with Crippen LogP contribution in [0, 0.1) is 0 Å². The Labute approximate surface area is 154 Å². The van der Waals surface area contributed by atoms with Crippen molar-refractivity contribution in [2.75, 3.05) is 20.1 Å². The van der Waals surface area contributed by atoms with Crippen molar-refractivity contribution in [1.82, 2.24) is 14.7 Å². The summed E-state index contributed by atoms with van der Waals surface area (Å²) >= 11 is 0. The van der Waals surface area contributed by atoms with Gasteiger partial charge in [-0.15, -0.1) is 5.10 Å². The van der Waals surface area contributed by atoms with Gasteiger partial charge in [-0.2, -0.15) is 5.10 Å². The summed E-state index contributed by atoms with van der Waals surface area (Å²) in [6, 6.07) is 0.314. The van der Waals surface area contributed by atoms with Crippen molar-refractivity contribution in [1.29, 1.82) is 0 Å². The molecule has 3 rings (SSSR count). The second-order valence-corrected chi connectivity index (χ2v) is 7.90. The fraction of sp³-hybridized carbons (Fsp3) is 0.667. The van der Waals surface area contributed by atoms with Crippen LogP contribution in [-0.4, -0.2) is 76.0 Å². The van der Waals surface area contributed by atoms with E-state index in [0.29, 0.717) is 13.1 Å². The molecule has 26 heavy (non-hydrogen) atoms. The van der Waals surface area contributed by atoms with E-state index in [1.54, 1.807) is 18.1 Å². The highest BCUT2D eigenvalue weighted by molar-refractivity contribution is 6.42. The van der Waals surface area contributed by atoms with E-state index in [4.69, 9.17) is 4.74 Å². The Morgan fingerprint density at radius 2 is 2.00 bits per heavy atom. The van der Waals surface area contributed by atoms with Crippen LogP contribution in [0.5, 0.6) is 0 Å². The van der Waals surface area contributed by atoms with Gasteiger partial charge < -0.3 is 19.4 Å². The summed E-state index contributed by atoms with van der Waals surface area (Å²) < 4.78 is 5.44. The summed E-state index contributed by atoms with van der Waals surface area (Å²) in [6.07, 6.45) is 4.42. The minimum atomic E-state index is -0.491. The van der Waals surface area contributed by atoms with E-state index in [1.165, 1.54) is 0 Å². The van der Waals surface area contributed by atoms with Crippen LogP contribution in [0.2, 0.25) is 0 Å². The highest BCUT2D eigenvalue weighted by Gasteiger charge is 2.40. The lowest BCUT2D eigenvalue weighted by atomic mass is 10.0. The predicted molar refractivity (Wildman–Crippen MR) is 102 cm³/mol. The minimum absolute atomic E-state index is 0.100. The monoisotopic (exact) mass is 360 g/mol. The van der Waals surface area contributed by atoms with E-state index in [1.807, 2.05) is 33.9 Å². The second kappa shape index (κ2) is 6.74. The van der Waals surface area contributed by atoms with E-state index in [0.717, 1.165) is 23.8 Å². The number of carbonyl (C=O) groups is 1. The highest BCUT2D eigenvalue weighted by Crippen LogP contribution is 2.23. The topological polar surface area (TPSA) is 73.1 Å². The third kappa shape index (κ3) is 3.45. The number of hydrogen-bond donors (Lipinski definition) is 0. The standard InChI is InChI=1S/C18H28N6O2/c1-7-14-12(2)20-21-16-15(19-8-9-24(14)16)23-10-13(11-23)22(6)17(25)26-18(3,4)5/h8-9,13-14H,7,10-11H2,1-6H3. The number of amides is 1. The van der Waals surface area contributed by atoms with Crippen LogP contribution >= 0.6 is 0 Å². The normalized spacial score (nSPS) is 22.8. The van der Waals surface area contributed by atoms with Crippen molar-refractivity contribution < 1.29 is 9.53 Å². The van der Waals surface area contributed by atoms with Crippen molar-refractivity contribution in [3.8, 4) is 0 Å². The zero-order valence-electron chi connectivity index (χ0n) is 16.4. The molecular formula is C18H28N6O2. The summed E-state index contributed by atoms with van der Waals surface area (Å²) in [5, 5.41) is 8.69. The molecule has 3 heterocycles. The third-order valence-electron chi connectivity index (χ3n) is 4.77. The summed E-state index contributed by atoms with van der Waals surface area (Å²) in [5.41, 5.74) is 0.517. The van der Waals surface area contributed by atoms with E-state index >= 15 is 0 Å². The van der Waals surface area contributed by atoms with Crippen molar-refractivity contribution in [3.05, 3.63) is 12.4 Å². The summed E-state index contributed by atoms with van der Waals surface area (Å²) in [5.74, 6) is 1.60. The molecule has 8 heteroatoms. The fourth-order valence-electron chi connectivity index (χ4n) is 3.23. The molecule has 8 nitrogen and oxygen atoms in total. The Morgan fingerprint density at radius 3 is 2.62 bits per heavy atom. The first kappa shape index (κ1) is 18.4. The van der Waals surface area contributed by atoms with E-state index < -0.39 is 5.60 Å². The first-order valence-electron chi connectivity index (χ1n) is 9.07. The smallest absolute Gasteiger partial charge is 0.410 e. The van der Waals surface area contributed by atoms with Gasteiger partial charge in [0.25, 0.3) is 0 Å². The number of aliphatic imine (C=N–C) groups is 1. The number of hydrogen-bond acceptors (Lipinski definition) is 7. The van der Waals surface area contributed by atoms with Crippen molar-refractivity contribution >= 4 is 23.5 Å². The van der Waals surface area contributed by atoms with Gasteiger partial charge in [0.15, 0.2) is 11.7 Å². The SMILES string of the molecule is CCC1C(C)=NN=C2C(N3CC(N(C)C(=O)OC(C)(C)C)C3)=NC=CN21. The molecule has 1 fully saturated rings. The summed E-state index contributed by atoms with van der Waals surface area (Å²) in [4.78, 5) is 22.7. The zero-order chi connectivity index (χ0) is 19.1. The molecule has 0 N–H and O–H groups in total. The number of amidine groups is 2. The van der Waals surface area contributed by atoms with Crippen LogP contribution in [0.15, 0.2) is 27.6 Å². The molecule has 0 radical (unpaired) electrons. The van der Waals surface area contributed by atoms with Crippen LogP contribution in [-0.2, 0) is 4.74 Å². The maximum absolute atomic E-state index is 12.2. The van der Waals surface area contributed by atoms with Crippen LogP contribution in [0.1, 0.15) is 41.0 Å². The van der Waals surface area contributed by atoms with Gasteiger partial charge in [-0.3, -0.25) is 0 Å². The second-order valence-electron chi connectivity index (χ2n) is 7.90. The third-order valence-corrected chi connectivity index (χ3v) is 4.77. The number of fused-ring (bicyclic) bond motifs is 1. The molecule has 1 unspecified atom stereocenters. The molecule has 3 aliphatic heterocycles. The Hall–Kier alpha value is -2.38. The Morgan fingerprint density at radius 1 is 1.31 bits per heavy atom. The molecule has 1 atom stereocenters. The molecular weight excluding hydrogens is 332 g/mol. The van der Waals surface area contributed by atoms with E-state index in [-0.39, 0.29) is 18.2 Å². The molecule has 1 amide bonds. The minimum Gasteiger partial charge on any atom is -0.444 e. The molecule has 0 bridgehead atoms. The maximum atomic E-state index is 12.2. The molecule has 0 saturated carbocycles. The zero-order valence-corrected chi connectivity index (χ0v) is 16.4. The fourth-order valence-corrected chi connectivity index (χ4v) is 3.23. The number of carbonyl (C=O) groups excluding carboxylic acids is 1. The Balaban J connectivity index is 1.65. The maximum Gasteiger partial charge on any atom is 0.410 e. The Kier molecular flexibility index (Phi) is 4.77. The molecule has 0 spiro atoms. The van der Waals surface area contributed by atoms with Gasteiger partial charge in [0.2, 0.25) is 0 Å². The number of ether oxygens (including phenoxy) is 1. The van der Waals surface area contributed by atoms with Crippen molar-refractivity contribution in [2.45, 2.75) is 58.7 Å². The number of likely N-dealkylation sites (tertiary alicyclic amines) is 1. The molecule has 1 saturated heterocycles. The molecule has 0 aromatic heterocycles. The molecule has 0 aliphatic carbocycles. The van der Waals surface area contributed by atoms with Crippen LogP contribution in [0.25, 0.3) is 0 Å². The van der Waals surface area contributed by atoms with Crippen LogP contribution < -0.4 is 0 Å². The number of rotatable bonds is 2. The summed E-state index contributed by atoms with van der Waals surface area (Å²) in [7, 11) is 1.78. The average molecular weight is 360 g/mol. The number of likely N-dealkylation sites (N-methyl/N-ethyl adjacent to an activating group) is 1. The first-order valence-corrected chi connectivity index (χ1v) is 9.07. The molecule has 142 valence electrons. The van der Waals surface area contributed by atoms with Gasteiger partial charge in [-0.1, -0.05) is 6.92 Å². The lowest BCUT2D eigenvalue weighted by Gasteiger charge is -2.47. The van der Waals surface area contributed by atoms with Gasteiger partial charge in [0, 0.05) is 32.5 Å². The lowest BCUT2D eigenvalue weighted by molar-refractivity contribution is 0.00776. The van der Waals surface area contributed by atoms with E-state index in [9.17, 15) is 4.79 Å². The molecule has 3 aliphatic rings. The average Bonchev–Trinajstić information content (AvgIpc) is 2.51. The van der Waals surface area contributed by atoms with Crippen LogP contribution in [0.3, 0.4) is 0 Å². The summed E-state index contributed by atoms with van der Waals surface area (Å²) in [6.45, 7) is 11.2. The predicted octanol–water partition coefficient (Wildman–Crippen LogP) is 2.29. The molecule has 0 aromatic rings. The van der Waals surface area contributed by atoms with Gasteiger partial charge in [0.1, 0.15) is 5.60 Å². The van der Waals surface area contributed by atoms with Gasteiger partial charge >= 0.3 is 6.09 Å². The van der Waals surface area contributed by atoms with Gasteiger partial charge in [0.05, 0.1) is 17.8 Å². The molecule has 0 aromatic carbocycles. The largest absolute Gasteiger partial charge is 0.444 e. The first-order chi connectivity index (χ1) is 12.2. The van der Waals surface area contributed by atoms with Crippen molar-refractivity contribution in [2.24, 2.45) is 15.2 Å². The quantitative estimate of drug-likeness (QED) is 0.757. The van der Waals surface area contributed by atoms with Crippen molar-refractivity contribution in [3.63, 3.8) is 0 Å². The lowest BCUT2D eigenvalue weighted by Crippen LogP contribution is -2.64. The van der Waals surface area contributed by atoms with Gasteiger partial charge in [-0.25, -0.2) is 9.79 Å². The van der Waals surface area contributed by atoms with E-state index in [2.05, 4.69) is 31.9 Å². The van der Waals surface area contributed by atoms with Crippen LogP contribution in [0.4, 0.5) is 4.79 Å². The van der Waals surface area contributed by atoms with Gasteiger partial charge in [-0.05, 0) is 34.1 Å². The highest BCUT2D eigenvalue weighted by atomic mass is 16.6. The Bertz CT molecular complexity index is 697. The number of nitrogens with zero attached hydrogens (tertiary/aromatic N) is 6.